The molecule has 1 aliphatic heterocycles. The zero-order valence-corrected chi connectivity index (χ0v) is 13.8. The number of carbonyl (C=O) groups excluding carboxylic acids is 1. The Morgan fingerprint density at radius 3 is 2.96 bits per heavy atom. The molecular formula is C17H19N3O2S. The van der Waals surface area contributed by atoms with E-state index >= 15 is 0 Å². The maximum atomic E-state index is 12.2. The van der Waals surface area contributed by atoms with Crippen molar-refractivity contribution in [3.8, 4) is 0 Å². The Morgan fingerprint density at radius 1 is 1.39 bits per heavy atom. The summed E-state index contributed by atoms with van der Waals surface area (Å²) in [6.07, 6.45) is 2.73. The van der Waals surface area contributed by atoms with Crippen LogP contribution in [0.25, 0.3) is 0 Å². The van der Waals surface area contributed by atoms with Crippen molar-refractivity contribution in [3.05, 3.63) is 58.0 Å². The van der Waals surface area contributed by atoms with Crippen LogP contribution in [0.4, 0.5) is 0 Å². The molecule has 3 rings (SSSR count). The Hall–Kier alpha value is -2.08. The number of thioether (sulfide) groups is 1. The van der Waals surface area contributed by atoms with Crippen LogP contribution in [0.5, 0.6) is 0 Å². The van der Waals surface area contributed by atoms with Crippen LogP contribution >= 0.6 is 11.8 Å². The number of amides is 1. The molecule has 0 spiro atoms. The molecule has 1 N–H and O–H groups in total. The molecule has 0 saturated carbocycles. The standard InChI is InChI=1S/C17H19N3O2S/c1-12-10-19-17-20(16(12)22)14(11-23-17)9-15(21)18-8-7-13-5-3-2-4-6-13/h2-6,10,14H,7-9,11H2,1H3,(H,18,21). The molecule has 1 aromatic carbocycles. The molecule has 120 valence electrons. The molecule has 23 heavy (non-hydrogen) atoms. The summed E-state index contributed by atoms with van der Waals surface area (Å²) >= 11 is 1.53. The van der Waals surface area contributed by atoms with Gasteiger partial charge in [0.25, 0.3) is 5.56 Å². The van der Waals surface area contributed by atoms with Gasteiger partial charge >= 0.3 is 0 Å². The molecule has 1 unspecified atom stereocenters. The predicted molar refractivity (Wildman–Crippen MR) is 90.8 cm³/mol. The van der Waals surface area contributed by atoms with E-state index < -0.39 is 0 Å². The fourth-order valence-corrected chi connectivity index (χ4v) is 3.75. The highest BCUT2D eigenvalue weighted by Gasteiger charge is 2.27. The predicted octanol–water partition coefficient (Wildman–Crippen LogP) is 1.95. The zero-order chi connectivity index (χ0) is 16.2. The van der Waals surface area contributed by atoms with Crippen LogP contribution in [-0.4, -0.2) is 27.8 Å². The highest BCUT2D eigenvalue weighted by Crippen LogP contribution is 2.31. The smallest absolute Gasteiger partial charge is 0.257 e. The Balaban J connectivity index is 1.56. The minimum atomic E-state index is -0.105. The van der Waals surface area contributed by atoms with E-state index in [1.54, 1.807) is 17.7 Å². The van der Waals surface area contributed by atoms with Crippen LogP contribution in [0.1, 0.15) is 23.6 Å². The summed E-state index contributed by atoms with van der Waals surface area (Å²) in [5.41, 5.74) is 1.78. The fraction of sp³-hybridized carbons (Fsp3) is 0.353. The first-order valence-corrected chi connectivity index (χ1v) is 8.65. The Bertz CT molecular complexity index is 758. The van der Waals surface area contributed by atoms with Gasteiger partial charge in [0.05, 0.1) is 6.04 Å². The van der Waals surface area contributed by atoms with Gasteiger partial charge in [-0.25, -0.2) is 4.98 Å². The largest absolute Gasteiger partial charge is 0.356 e. The first kappa shape index (κ1) is 15.8. The van der Waals surface area contributed by atoms with E-state index in [9.17, 15) is 9.59 Å². The highest BCUT2D eigenvalue weighted by molar-refractivity contribution is 7.99. The van der Waals surface area contributed by atoms with Gasteiger partial charge in [0.2, 0.25) is 5.91 Å². The molecule has 2 aromatic rings. The van der Waals surface area contributed by atoms with Crippen LogP contribution in [0.3, 0.4) is 0 Å². The quantitative estimate of drug-likeness (QED) is 0.852. The van der Waals surface area contributed by atoms with Crippen molar-refractivity contribution in [2.75, 3.05) is 12.3 Å². The summed E-state index contributed by atoms with van der Waals surface area (Å²) in [6, 6.07) is 9.95. The van der Waals surface area contributed by atoms with Gasteiger partial charge in [-0.05, 0) is 18.9 Å². The molecule has 2 heterocycles. The lowest BCUT2D eigenvalue weighted by molar-refractivity contribution is -0.121. The van der Waals surface area contributed by atoms with Crippen molar-refractivity contribution >= 4 is 17.7 Å². The maximum Gasteiger partial charge on any atom is 0.257 e. The zero-order valence-electron chi connectivity index (χ0n) is 13.0. The van der Waals surface area contributed by atoms with E-state index in [1.807, 2.05) is 30.3 Å². The molecule has 0 fully saturated rings. The van der Waals surface area contributed by atoms with Crippen LogP contribution in [0, 0.1) is 6.92 Å². The number of aryl methyl sites for hydroxylation is 1. The molecule has 1 aromatic heterocycles. The minimum absolute atomic E-state index is 0.0206. The average Bonchev–Trinajstić information content (AvgIpc) is 2.95. The Labute approximate surface area is 139 Å². The number of nitrogens with one attached hydrogen (secondary N) is 1. The minimum Gasteiger partial charge on any atom is -0.356 e. The molecule has 1 aliphatic rings. The third-order valence-electron chi connectivity index (χ3n) is 3.90. The van der Waals surface area contributed by atoms with E-state index in [1.165, 1.54) is 17.3 Å². The normalized spacial score (nSPS) is 16.1. The van der Waals surface area contributed by atoms with Crippen molar-refractivity contribution < 1.29 is 4.79 Å². The molecule has 0 bridgehead atoms. The monoisotopic (exact) mass is 329 g/mol. The number of nitrogens with zero attached hydrogens (tertiary/aromatic N) is 2. The molecule has 1 amide bonds. The molecular weight excluding hydrogens is 310 g/mol. The second-order valence-corrected chi connectivity index (χ2v) is 6.64. The van der Waals surface area contributed by atoms with Crippen molar-refractivity contribution in [1.82, 2.24) is 14.9 Å². The van der Waals surface area contributed by atoms with Gasteiger partial charge in [-0.1, -0.05) is 42.1 Å². The lowest BCUT2D eigenvalue weighted by atomic mass is 10.1. The molecule has 0 aliphatic carbocycles. The summed E-state index contributed by atoms with van der Waals surface area (Å²) < 4.78 is 1.66. The van der Waals surface area contributed by atoms with Crippen LogP contribution in [0.2, 0.25) is 0 Å². The third-order valence-corrected chi connectivity index (χ3v) is 5.01. The van der Waals surface area contributed by atoms with Crippen molar-refractivity contribution in [1.29, 1.82) is 0 Å². The number of benzene rings is 1. The second-order valence-electron chi connectivity index (χ2n) is 5.65. The highest BCUT2D eigenvalue weighted by atomic mass is 32.2. The molecule has 0 saturated heterocycles. The van der Waals surface area contributed by atoms with E-state index in [0.29, 0.717) is 23.7 Å². The number of carbonyl (C=O) groups is 1. The van der Waals surface area contributed by atoms with E-state index in [-0.39, 0.29) is 17.5 Å². The number of aromatic nitrogens is 2. The lowest BCUT2D eigenvalue weighted by Crippen LogP contribution is -2.32. The van der Waals surface area contributed by atoms with Crippen LogP contribution in [-0.2, 0) is 11.2 Å². The lowest BCUT2D eigenvalue weighted by Gasteiger charge is -2.13. The van der Waals surface area contributed by atoms with Gasteiger partial charge in [0.15, 0.2) is 5.16 Å². The Morgan fingerprint density at radius 2 is 2.17 bits per heavy atom. The van der Waals surface area contributed by atoms with Gasteiger partial charge in [-0.15, -0.1) is 0 Å². The second kappa shape index (κ2) is 7.00. The first-order valence-electron chi connectivity index (χ1n) is 7.66. The van der Waals surface area contributed by atoms with Gasteiger partial charge in [-0.3, -0.25) is 14.2 Å². The first-order chi connectivity index (χ1) is 11.1. The van der Waals surface area contributed by atoms with Gasteiger partial charge < -0.3 is 5.32 Å². The van der Waals surface area contributed by atoms with E-state index in [2.05, 4.69) is 10.3 Å². The summed E-state index contributed by atoms with van der Waals surface area (Å²) in [5.74, 6) is 0.699. The van der Waals surface area contributed by atoms with Crippen LogP contribution < -0.4 is 10.9 Å². The maximum absolute atomic E-state index is 12.2. The number of hydrogen-bond acceptors (Lipinski definition) is 4. The number of hydrogen-bond donors (Lipinski definition) is 1. The fourth-order valence-electron chi connectivity index (χ4n) is 2.65. The Kier molecular flexibility index (Phi) is 4.81. The van der Waals surface area contributed by atoms with Crippen LogP contribution in [0.15, 0.2) is 46.5 Å². The number of rotatable bonds is 5. The molecule has 5 nitrogen and oxygen atoms in total. The molecule has 0 radical (unpaired) electrons. The SMILES string of the molecule is Cc1cnc2n(c1=O)C(CC(=O)NCCc1ccccc1)CS2. The number of fused-ring (bicyclic) bond motifs is 1. The summed E-state index contributed by atoms with van der Waals surface area (Å²) in [7, 11) is 0. The molecule has 1 atom stereocenters. The topological polar surface area (TPSA) is 64.0 Å². The average molecular weight is 329 g/mol. The van der Waals surface area contributed by atoms with E-state index in [0.717, 1.165) is 12.2 Å². The molecule has 6 heteroatoms. The summed E-state index contributed by atoms with van der Waals surface area (Å²) in [4.78, 5) is 28.6. The van der Waals surface area contributed by atoms with E-state index in [4.69, 9.17) is 0 Å². The summed E-state index contributed by atoms with van der Waals surface area (Å²) in [6.45, 7) is 2.36. The van der Waals surface area contributed by atoms with Crippen molar-refractivity contribution in [2.24, 2.45) is 0 Å². The summed E-state index contributed by atoms with van der Waals surface area (Å²) in [5, 5.41) is 3.65. The van der Waals surface area contributed by atoms with Gasteiger partial charge in [-0.2, -0.15) is 0 Å². The van der Waals surface area contributed by atoms with Gasteiger partial charge in [0, 0.05) is 30.5 Å². The van der Waals surface area contributed by atoms with Crippen molar-refractivity contribution in [2.45, 2.75) is 31.0 Å². The van der Waals surface area contributed by atoms with Crippen molar-refractivity contribution in [3.63, 3.8) is 0 Å². The van der Waals surface area contributed by atoms with Gasteiger partial charge in [0.1, 0.15) is 0 Å². The third kappa shape index (κ3) is 3.64.